The minimum absolute atomic E-state index is 0.0279. The van der Waals surface area contributed by atoms with Crippen LogP contribution >= 0.6 is 11.8 Å². The van der Waals surface area contributed by atoms with Crippen molar-refractivity contribution in [2.24, 2.45) is 0 Å². The lowest BCUT2D eigenvalue weighted by Crippen LogP contribution is -2.30. The number of carboxylic acid groups (broad SMARTS) is 3. The maximum absolute atomic E-state index is 12.8. The van der Waals surface area contributed by atoms with Gasteiger partial charge in [0, 0.05) is 4.90 Å². The van der Waals surface area contributed by atoms with Gasteiger partial charge in [-0.05, 0) is 176 Å². The van der Waals surface area contributed by atoms with Crippen LogP contribution in [0.5, 0.6) is 23.0 Å². The van der Waals surface area contributed by atoms with Gasteiger partial charge in [-0.3, -0.25) is 9.59 Å². The van der Waals surface area contributed by atoms with Gasteiger partial charge in [-0.15, -0.1) is 11.8 Å². The first-order chi connectivity index (χ1) is 36.9. The van der Waals surface area contributed by atoms with E-state index >= 15 is 0 Å². The molecular weight excluding hydrogens is 1030 g/mol. The number of unbranched alkanes of at least 4 members (excludes halogenated alkanes) is 6. The molecule has 0 spiro atoms. The second-order valence-electron chi connectivity index (χ2n) is 18.5. The van der Waals surface area contributed by atoms with E-state index in [2.05, 4.69) is 0 Å². The van der Waals surface area contributed by atoms with Crippen LogP contribution in [0.15, 0.2) is 155 Å². The Bertz CT molecular complexity index is 2640. The van der Waals surface area contributed by atoms with Crippen LogP contribution in [0, 0.1) is 39.3 Å². The Hall–Kier alpha value is -6.91. The number of hydrogen-bond donors (Lipinski definition) is 3. The van der Waals surface area contributed by atoms with Crippen LogP contribution in [-0.2, 0) is 24.2 Å². The van der Waals surface area contributed by atoms with Crippen LogP contribution in [0.1, 0.15) is 99.3 Å². The molecule has 0 aliphatic heterocycles. The van der Waals surface area contributed by atoms with Gasteiger partial charge in [-0.25, -0.2) is 22.0 Å². The topological polar surface area (TPSA) is 183 Å². The zero-order valence-electron chi connectivity index (χ0n) is 44.3. The first-order valence-electron chi connectivity index (χ1n) is 25.8. The monoisotopic (exact) mass is 1100 g/mol. The van der Waals surface area contributed by atoms with Crippen LogP contribution in [0.25, 0.3) is 0 Å². The average Bonchev–Trinajstić information content (AvgIpc) is 3.40. The first-order valence-corrected chi connectivity index (χ1v) is 28.2. The number of aliphatic carboxylic acids is 3. The maximum atomic E-state index is 12.8. The molecule has 3 N–H and O–H groups in total. The van der Waals surface area contributed by atoms with Crippen molar-refractivity contribution in [3.05, 3.63) is 179 Å². The summed E-state index contributed by atoms with van der Waals surface area (Å²) in [5, 5.41) is 26.2. The summed E-state index contributed by atoms with van der Waals surface area (Å²) in [7, 11) is -3.92. The van der Waals surface area contributed by atoms with Crippen molar-refractivity contribution in [3.63, 3.8) is 0 Å². The smallest absolute Gasteiger partial charge is 0.344 e. The van der Waals surface area contributed by atoms with E-state index in [1.54, 1.807) is 36.4 Å². The highest BCUT2D eigenvalue weighted by atomic mass is 32.2. The number of thioether (sulfide) groups is 1. The Morgan fingerprint density at radius 3 is 1.21 bits per heavy atom. The summed E-state index contributed by atoms with van der Waals surface area (Å²) in [6.45, 7) is 9.46. The fraction of sp³-hybridized carbons (Fsp3) is 0.361. The zero-order valence-corrected chi connectivity index (χ0v) is 45.9. The van der Waals surface area contributed by atoms with Crippen LogP contribution in [0.4, 0.5) is 8.78 Å². The van der Waals surface area contributed by atoms with Gasteiger partial charge in [0.05, 0.1) is 24.7 Å². The summed E-state index contributed by atoms with van der Waals surface area (Å²) >= 11 is 1.40. The van der Waals surface area contributed by atoms with Gasteiger partial charge in [-0.2, -0.15) is 0 Å². The second kappa shape index (κ2) is 34.0. The van der Waals surface area contributed by atoms with Crippen LogP contribution in [0.2, 0.25) is 0 Å². The van der Waals surface area contributed by atoms with E-state index in [-0.39, 0.29) is 23.0 Å². The van der Waals surface area contributed by atoms with Crippen molar-refractivity contribution >= 4 is 39.5 Å². The van der Waals surface area contributed by atoms with E-state index < -0.39 is 44.3 Å². The van der Waals surface area contributed by atoms with Gasteiger partial charge in [0.15, 0.2) is 21.2 Å². The van der Waals surface area contributed by atoms with E-state index in [9.17, 15) is 46.9 Å². The molecule has 16 heteroatoms. The summed E-state index contributed by atoms with van der Waals surface area (Å²) < 4.78 is 73.0. The number of aryl methyl sites for hydroxylation is 4. The number of halogens is 2. The predicted molar refractivity (Wildman–Crippen MR) is 297 cm³/mol. The predicted octanol–water partition coefficient (Wildman–Crippen LogP) is 14.1. The average molecular weight is 1100 g/mol. The number of carboxylic acids is 3. The number of hydrogen-bond acceptors (Lipinski definition) is 10. The molecule has 0 saturated heterocycles. The fourth-order valence-corrected chi connectivity index (χ4v) is 10.0. The van der Waals surface area contributed by atoms with Gasteiger partial charge in [0.1, 0.15) is 39.9 Å². The van der Waals surface area contributed by atoms with Gasteiger partial charge in [-0.1, -0.05) is 96.5 Å². The Morgan fingerprint density at radius 1 is 0.442 bits per heavy atom. The summed E-state index contributed by atoms with van der Waals surface area (Å²) in [5.74, 6) is -0.961. The van der Waals surface area contributed by atoms with Crippen LogP contribution < -0.4 is 18.9 Å². The third-order valence-corrected chi connectivity index (χ3v) is 15.3. The highest BCUT2D eigenvalue weighted by Gasteiger charge is 2.33. The number of rotatable bonds is 30. The lowest BCUT2D eigenvalue weighted by Gasteiger charge is -2.15. The lowest BCUT2D eigenvalue weighted by atomic mass is 10.1. The first kappa shape index (κ1) is 62.6. The second-order valence-corrected chi connectivity index (χ2v) is 21.9. The molecule has 0 aromatic heterocycles. The fourth-order valence-electron chi connectivity index (χ4n) is 7.42. The molecule has 6 aromatic rings. The summed E-state index contributed by atoms with van der Waals surface area (Å²) in [4.78, 5) is 35.3. The third kappa shape index (κ3) is 24.8. The van der Waals surface area contributed by atoms with Crippen LogP contribution in [-0.4, -0.2) is 78.1 Å². The molecule has 77 heavy (non-hydrogen) atoms. The van der Waals surface area contributed by atoms with Crippen molar-refractivity contribution in [3.8, 4) is 23.0 Å². The molecule has 6 aromatic carbocycles. The Balaban J connectivity index is 0.000000250. The van der Waals surface area contributed by atoms with Crippen molar-refractivity contribution < 1.29 is 65.8 Å². The normalized spacial score (nSPS) is 12.1. The molecule has 0 fully saturated rings. The summed E-state index contributed by atoms with van der Waals surface area (Å²) in [6.07, 6.45) is 7.27. The van der Waals surface area contributed by atoms with Gasteiger partial charge in [0.2, 0.25) is 0 Å². The molecule has 0 aliphatic carbocycles. The van der Waals surface area contributed by atoms with Gasteiger partial charge >= 0.3 is 17.9 Å². The highest BCUT2D eigenvalue weighted by molar-refractivity contribution is 8.00. The largest absolute Gasteiger partial charge is 0.494 e. The number of benzene rings is 6. The van der Waals surface area contributed by atoms with E-state index in [0.29, 0.717) is 69.2 Å². The third-order valence-electron chi connectivity index (χ3n) is 11.9. The zero-order chi connectivity index (χ0) is 56.0. The Kier molecular flexibility index (Phi) is 27.6. The number of sulfone groups is 1. The van der Waals surface area contributed by atoms with E-state index in [0.717, 1.165) is 65.9 Å². The Labute approximate surface area is 456 Å². The molecule has 6 rings (SSSR count). The molecule has 12 nitrogen and oxygen atoms in total. The minimum atomic E-state index is -3.92. The van der Waals surface area contributed by atoms with Crippen molar-refractivity contribution in [1.29, 1.82) is 0 Å². The lowest BCUT2D eigenvalue weighted by molar-refractivity contribution is -0.145. The Morgan fingerprint density at radius 2 is 0.805 bits per heavy atom. The molecular formula is C61H72F2O12S2. The summed E-state index contributed by atoms with van der Waals surface area (Å²) in [5.41, 5.74) is 4.40. The molecule has 0 radical (unpaired) electrons. The minimum Gasteiger partial charge on any atom is -0.494 e. The molecule has 0 bridgehead atoms. The standard InChI is InChI=1S/C21H26O4.C20H23FO5S.C20H23FO3S/c1-16-7-11-18(12-8-16)24-15-5-3-4-6-20(21(22)23)25-19-13-9-17(2)10-14-19;1-15-6-12-18(13-7-15)27(24,25)19(20(22)23)5-3-2-4-14-26-17-10-8-16(21)9-11-17;1-15-6-12-18(13-7-15)25-19(20(22)23)5-3-2-4-14-24-17-10-8-16(21)9-11-17/h7-14,20H,3-6,15H2,1-2H3,(H,22,23);6-13,19H,2-5,14H2,1H3,(H,22,23);6-13,19H,2-5,14H2,1H3,(H,22,23). The quantitative estimate of drug-likeness (QED) is 0.0286. The SMILES string of the molecule is Cc1ccc(OCCCCCC(Oc2ccc(C)cc2)C(=O)O)cc1.Cc1ccc(S(=O)(=O)C(CCCCCOc2ccc(F)cc2)C(=O)O)cc1.Cc1ccc(SC(CCCCCOc2ccc(F)cc2)C(=O)O)cc1. The van der Waals surface area contributed by atoms with E-state index in [1.165, 1.54) is 65.9 Å². The van der Waals surface area contributed by atoms with E-state index in [1.807, 2.05) is 88.4 Å². The van der Waals surface area contributed by atoms with Crippen molar-refractivity contribution in [2.45, 2.75) is 131 Å². The molecule has 3 unspecified atom stereocenters. The van der Waals surface area contributed by atoms with Crippen molar-refractivity contribution in [1.82, 2.24) is 0 Å². The molecule has 0 amide bonds. The molecule has 0 heterocycles. The van der Waals surface area contributed by atoms with Crippen molar-refractivity contribution in [2.75, 3.05) is 19.8 Å². The maximum Gasteiger partial charge on any atom is 0.344 e. The molecule has 3 atom stereocenters. The number of ether oxygens (including phenoxy) is 4. The van der Waals surface area contributed by atoms with Gasteiger partial charge < -0.3 is 34.3 Å². The molecule has 0 aliphatic rings. The van der Waals surface area contributed by atoms with Gasteiger partial charge in [0.25, 0.3) is 0 Å². The molecule has 414 valence electrons. The summed E-state index contributed by atoms with van der Waals surface area (Å²) in [6, 6.07) is 41.1. The van der Waals surface area contributed by atoms with E-state index in [4.69, 9.17) is 18.9 Å². The highest BCUT2D eigenvalue weighted by Crippen LogP contribution is 2.28. The number of carbonyl (C=O) groups is 3. The van der Waals surface area contributed by atoms with Crippen LogP contribution in [0.3, 0.4) is 0 Å². The molecule has 0 saturated carbocycles.